The number of nitrogens with zero attached hydrogens (tertiary/aromatic N) is 3. The van der Waals surface area contributed by atoms with Crippen molar-refractivity contribution in [1.29, 1.82) is 0 Å². The molecule has 4 rings (SSSR count). The normalized spacial score (nSPS) is 19.2. The molecule has 2 amide bonds. The summed E-state index contributed by atoms with van der Waals surface area (Å²) >= 11 is 0. The lowest BCUT2D eigenvalue weighted by atomic mass is 10.1. The first kappa shape index (κ1) is 20.5. The predicted molar refractivity (Wildman–Crippen MR) is 110 cm³/mol. The maximum atomic E-state index is 14.0. The maximum Gasteiger partial charge on any atom is 0.324 e. The molecule has 0 spiro atoms. The van der Waals surface area contributed by atoms with E-state index >= 15 is 0 Å². The highest BCUT2D eigenvalue weighted by Crippen LogP contribution is 2.39. The van der Waals surface area contributed by atoms with Gasteiger partial charge in [0.05, 0.1) is 17.1 Å². The molecule has 10 heteroatoms. The third-order valence-corrected chi connectivity index (χ3v) is 6.40. The smallest absolute Gasteiger partial charge is 0.324 e. The standard InChI is InChI=1S/C20H22F2N4O3S/c21-15-1-4-17(5-2-15)25-9-10-26(18-6-3-16(22)11-19(18)25)20(27)24-8-7-14(12-24)13-30(23,28)29/h1-6,11,14H,7-10,12-13H2,(H2,23,28,29). The Morgan fingerprint density at radius 3 is 2.40 bits per heavy atom. The van der Waals surface area contributed by atoms with E-state index in [9.17, 15) is 22.0 Å². The van der Waals surface area contributed by atoms with Gasteiger partial charge in [0.2, 0.25) is 10.0 Å². The van der Waals surface area contributed by atoms with Crippen LogP contribution in [0.5, 0.6) is 0 Å². The van der Waals surface area contributed by atoms with E-state index in [2.05, 4.69) is 0 Å². The first-order chi connectivity index (χ1) is 14.2. The number of amides is 2. The molecule has 0 aliphatic carbocycles. The van der Waals surface area contributed by atoms with Crippen LogP contribution in [0, 0.1) is 17.6 Å². The van der Waals surface area contributed by atoms with E-state index in [1.165, 1.54) is 24.3 Å². The topological polar surface area (TPSA) is 86.9 Å². The summed E-state index contributed by atoms with van der Waals surface area (Å²) in [7, 11) is -3.60. The number of carbonyl (C=O) groups excluding carboxylic acids is 1. The van der Waals surface area contributed by atoms with Crippen LogP contribution in [0.25, 0.3) is 0 Å². The monoisotopic (exact) mass is 436 g/mol. The van der Waals surface area contributed by atoms with Crippen LogP contribution < -0.4 is 14.9 Å². The van der Waals surface area contributed by atoms with Gasteiger partial charge in [0.1, 0.15) is 11.6 Å². The fourth-order valence-corrected chi connectivity index (χ4v) is 5.04. The van der Waals surface area contributed by atoms with E-state index in [-0.39, 0.29) is 23.5 Å². The summed E-state index contributed by atoms with van der Waals surface area (Å²) in [5.41, 5.74) is 1.76. The van der Waals surface area contributed by atoms with Gasteiger partial charge in [-0.2, -0.15) is 0 Å². The lowest BCUT2D eigenvalue weighted by Gasteiger charge is -2.39. The number of fused-ring (bicyclic) bond motifs is 1. The van der Waals surface area contributed by atoms with Crippen molar-refractivity contribution in [2.45, 2.75) is 6.42 Å². The SMILES string of the molecule is NS(=O)(=O)CC1CCN(C(=O)N2CCN(c3ccc(F)cc3)c3cc(F)ccc32)C1. The Balaban J connectivity index is 1.58. The summed E-state index contributed by atoms with van der Waals surface area (Å²) in [6.45, 7) is 1.51. The highest BCUT2D eigenvalue weighted by atomic mass is 32.2. The number of likely N-dealkylation sites (tertiary alicyclic amines) is 1. The summed E-state index contributed by atoms with van der Waals surface area (Å²) in [5, 5.41) is 5.13. The Labute approximate surface area is 173 Å². The second-order valence-corrected chi connectivity index (χ2v) is 9.28. The van der Waals surface area contributed by atoms with Crippen molar-refractivity contribution in [3.63, 3.8) is 0 Å². The number of anilines is 3. The minimum absolute atomic E-state index is 0.156. The van der Waals surface area contributed by atoms with E-state index in [0.29, 0.717) is 49.7 Å². The molecule has 2 aliphatic heterocycles. The van der Waals surface area contributed by atoms with Crippen LogP contribution in [0.2, 0.25) is 0 Å². The summed E-state index contributed by atoms with van der Waals surface area (Å²) in [6.07, 6.45) is 0.563. The molecule has 30 heavy (non-hydrogen) atoms. The van der Waals surface area contributed by atoms with Gasteiger partial charge in [0.15, 0.2) is 0 Å². The summed E-state index contributed by atoms with van der Waals surface area (Å²) < 4.78 is 50.0. The van der Waals surface area contributed by atoms with Crippen molar-refractivity contribution >= 4 is 33.1 Å². The van der Waals surface area contributed by atoms with Crippen LogP contribution >= 0.6 is 0 Å². The van der Waals surface area contributed by atoms with Crippen molar-refractivity contribution in [3.05, 3.63) is 54.1 Å². The fourth-order valence-electron chi connectivity index (χ4n) is 4.11. The summed E-state index contributed by atoms with van der Waals surface area (Å²) in [4.78, 5) is 18.2. The Kier molecular flexibility index (Phi) is 5.37. The zero-order valence-electron chi connectivity index (χ0n) is 16.2. The van der Waals surface area contributed by atoms with E-state index in [0.717, 1.165) is 0 Å². The number of sulfonamides is 1. The van der Waals surface area contributed by atoms with Crippen molar-refractivity contribution < 1.29 is 22.0 Å². The van der Waals surface area contributed by atoms with Crippen LogP contribution in [-0.4, -0.2) is 51.3 Å². The van der Waals surface area contributed by atoms with E-state index in [1.807, 2.05) is 4.90 Å². The van der Waals surface area contributed by atoms with Crippen LogP contribution in [0.4, 0.5) is 30.6 Å². The van der Waals surface area contributed by atoms with Crippen LogP contribution in [0.15, 0.2) is 42.5 Å². The lowest BCUT2D eigenvalue weighted by molar-refractivity contribution is 0.214. The van der Waals surface area contributed by atoms with Gasteiger partial charge < -0.3 is 9.80 Å². The van der Waals surface area contributed by atoms with E-state index in [1.54, 1.807) is 28.0 Å². The number of hydrogen-bond donors (Lipinski definition) is 1. The predicted octanol–water partition coefficient (Wildman–Crippen LogP) is 2.65. The Morgan fingerprint density at radius 2 is 1.70 bits per heavy atom. The largest absolute Gasteiger partial charge is 0.338 e. The van der Waals surface area contributed by atoms with E-state index < -0.39 is 15.8 Å². The Morgan fingerprint density at radius 1 is 1.00 bits per heavy atom. The van der Waals surface area contributed by atoms with Crippen LogP contribution in [0.3, 0.4) is 0 Å². The van der Waals surface area contributed by atoms with Crippen LogP contribution in [0.1, 0.15) is 6.42 Å². The molecule has 1 unspecified atom stereocenters. The zero-order chi connectivity index (χ0) is 21.5. The molecular weight excluding hydrogens is 414 g/mol. The molecule has 2 N–H and O–H groups in total. The lowest BCUT2D eigenvalue weighted by Crippen LogP contribution is -2.48. The molecule has 2 aromatic carbocycles. The number of benzene rings is 2. The quantitative estimate of drug-likeness (QED) is 0.802. The van der Waals surface area contributed by atoms with Gasteiger partial charge in [-0.1, -0.05) is 0 Å². The number of carbonyl (C=O) groups is 1. The van der Waals surface area contributed by atoms with Gasteiger partial charge in [-0.15, -0.1) is 0 Å². The second kappa shape index (κ2) is 7.84. The average Bonchev–Trinajstić information content (AvgIpc) is 3.14. The van der Waals surface area contributed by atoms with Crippen LogP contribution in [-0.2, 0) is 10.0 Å². The van der Waals surface area contributed by atoms with Gasteiger partial charge in [0, 0.05) is 31.9 Å². The number of hydrogen-bond acceptors (Lipinski definition) is 4. The maximum absolute atomic E-state index is 14.0. The molecule has 2 heterocycles. The van der Waals surface area contributed by atoms with Crippen molar-refractivity contribution in [2.24, 2.45) is 11.1 Å². The molecule has 1 atom stereocenters. The number of primary sulfonamides is 1. The molecule has 2 aliphatic rings. The third-order valence-electron chi connectivity index (χ3n) is 5.46. The molecule has 1 fully saturated rings. The van der Waals surface area contributed by atoms with Gasteiger partial charge in [0.25, 0.3) is 0 Å². The van der Waals surface area contributed by atoms with Gasteiger partial charge in [-0.3, -0.25) is 4.90 Å². The molecular formula is C20H22F2N4O3S. The summed E-state index contributed by atoms with van der Waals surface area (Å²) in [5.74, 6) is -1.16. The van der Waals surface area contributed by atoms with Crippen molar-refractivity contribution in [3.8, 4) is 0 Å². The highest BCUT2D eigenvalue weighted by Gasteiger charge is 2.35. The number of rotatable bonds is 3. The zero-order valence-corrected chi connectivity index (χ0v) is 17.0. The molecule has 2 aromatic rings. The van der Waals surface area contributed by atoms with Gasteiger partial charge >= 0.3 is 6.03 Å². The third kappa shape index (κ3) is 4.24. The molecule has 7 nitrogen and oxygen atoms in total. The van der Waals surface area contributed by atoms with Gasteiger partial charge in [-0.25, -0.2) is 27.1 Å². The van der Waals surface area contributed by atoms with E-state index in [4.69, 9.17) is 5.14 Å². The molecule has 0 radical (unpaired) electrons. The molecule has 1 saturated heterocycles. The number of nitrogens with two attached hydrogens (primary N) is 1. The highest BCUT2D eigenvalue weighted by molar-refractivity contribution is 7.89. The minimum atomic E-state index is -3.60. The molecule has 160 valence electrons. The second-order valence-electron chi connectivity index (χ2n) is 7.63. The van der Waals surface area contributed by atoms with Crippen molar-refractivity contribution in [2.75, 3.05) is 41.7 Å². The Hall–Kier alpha value is -2.72. The number of urea groups is 1. The Bertz CT molecular complexity index is 1060. The fraction of sp³-hybridized carbons (Fsp3) is 0.350. The molecule has 0 saturated carbocycles. The van der Waals surface area contributed by atoms with Crippen molar-refractivity contribution in [1.82, 2.24) is 4.90 Å². The number of halogens is 2. The molecule has 0 bridgehead atoms. The van der Waals surface area contributed by atoms with Gasteiger partial charge in [-0.05, 0) is 54.8 Å². The average molecular weight is 436 g/mol. The first-order valence-corrected chi connectivity index (χ1v) is 11.3. The minimum Gasteiger partial charge on any atom is -0.338 e. The molecule has 0 aromatic heterocycles. The first-order valence-electron chi connectivity index (χ1n) is 9.61. The summed E-state index contributed by atoms with van der Waals surface area (Å²) in [6, 6.07) is 9.84.